The van der Waals surface area contributed by atoms with Gasteiger partial charge >= 0.3 is 5.97 Å². The molecule has 19 heavy (non-hydrogen) atoms. The van der Waals surface area contributed by atoms with E-state index in [-0.39, 0.29) is 24.5 Å². The molecule has 0 spiro atoms. The number of carboxylic acids is 1. The van der Waals surface area contributed by atoms with Crippen LogP contribution in [0.2, 0.25) is 0 Å². The van der Waals surface area contributed by atoms with E-state index in [9.17, 15) is 9.59 Å². The maximum absolute atomic E-state index is 11.8. The summed E-state index contributed by atoms with van der Waals surface area (Å²) in [7, 11) is 0. The number of amides is 1. The summed E-state index contributed by atoms with van der Waals surface area (Å²) in [5.74, 6) is -0.829. The highest BCUT2D eigenvalue weighted by atomic mass is 16.5. The topological polar surface area (TPSA) is 78.9 Å². The number of nitrogens with one attached hydrogen (secondary N) is 1. The Morgan fingerprint density at radius 3 is 2.84 bits per heavy atom. The first-order valence-corrected chi connectivity index (χ1v) is 6.99. The first kappa shape index (κ1) is 14.3. The average molecular weight is 270 g/mol. The minimum Gasteiger partial charge on any atom is -0.481 e. The Morgan fingerprint density at radius 1 is 1.32 bits per heavy atom. The zero-order valence-electron chi connectivity index (χ0n) is 11.1. The molecule has 2 unspecified atom stereocenters. The van der Waals surface area contributed by atoms with Crippen LogP contribution >= 0.6 is 0 Å². The van der Waals surface area contributed by atoms with Crippen LogP contribution in [0.25, 0.3) is 0 Å². The van der Waals surface area contributed by atoms with Crippen LogP contribution in [0.15, 0.2) is 0 Å². The molecular formula is C13H22N2O4. The average Bonchev–Trinajstić information content (AvgIpc) is 2.98. The largest absolute Gasteiger partial charge is 0.481 e. The molecule has 0 bridgehead atoms. The number of hydrogen-bond acceptors (Lipinski definition) is 4. The summed E-state index contributed by atoms with van der Waals surface area (Å²) >= 11 is 0. The van der Waals surface area contributed by atoms with Crippen LogP contribution in [0.1, 0.15) is 32.1 Å². The van der Waals surface area contributed by atoms with E-state index in [1.165, 1.54) is 0 Å². The highest BCUT2D eigenvalue weighted by molar-refractivity contribution is 5.78. The molecule has 2 aliphatic heterocycles. The molecule has 6 heteroatoms. The third-order valence-corrected chi connectivity index (χ3v) is 3.81. The van der Waals surface area contributed by atoms with Crippen molar-refractivity contribution in [1.29, 1.82) is 0 Å². The normalized spacial score (nSPS) is 27.6. The molecule has 0 radical (unpaired) electrons. The van der Waals surface area contributed by atoms with Crippen molar-refractivity contribution in [2.24, 2.45) is 0 Å². The van der Waals surface area contributed by atoms with Crippen molar-refractivity contribution < 1.29 is 19.4 Å². The molecule has 2 atom stereocenters. The zero-order valence-corrected chi connectivity index (χ0v) is 11.1. The molecule has 108 valence electrons. The van der Waals surface area contributed by atoms with Crippen molar-refractivity contribution in [1.82, 2.24) is 10.2 Å². The lowest BCUT2D eigenvalue weighted by Gasteiger charge is -2.22. The van der Waals surface area contributed by atoms with Gasteiger partial charge in [-0.25, -0.2) is 0 Å². The highest BCUT2D eigenvalue weighted by Gasteiger charge is 2.28. The number of carboxylic acid groups (broad SMARTS) is 1. The Morgan fingerprint density at radius 2 is 2.16 bits per heavy atom. The van der Waals surface area contributed by atoms with E-state index < -0.39 is 5.97 Å². The maximum atomic E-state index is 11.8. The quantitative estimate of drug-likeness (QED) is 0.722. The number of rotatable bonds is 6. The molecule has 0 aromatic rings. The fourth-order valence-electron chi connectivity index (χ4n) is 2.81. The van der Waals surface area contributed by atoms with E-state index in [2.05, 4.69) is 5.32 Å². The Hall–Kier alpha value is -1.14. The lowest BCUT2D eigenvalue weighted by Crippen LogP contribution is -2.42. The van der Waals surface area contributed by atoms with E-state index in [0.29, 0.717) is 13.1 Å². The Labute approximate surface area is 113 Å². The summed E-state index contributed by atoms with van der Waals surface area (Å²) in [6.07, 6.45) is 4.18. The Kier molecular flexibility index (Phi) is 5.15. The third-order valence-electron chi connectivity index (χ3n) is 3.81. The number of likely N-dealkylation sites (tertiary alicyclic amines) is 1. The summed E-state index contributed by atoms with van der Waals surface area (Å²) in [6.45, 7) is 2.46. The molecule has 0 aromatic heterocycles. The van der Waals surface area contributed by atoms with Crippen molar-refractivity contribution in [2.75, 3.05) is 26.2 Å². The van der Waals surface area contributed by atoms with Gasteiger partial charge in [0.25, 0.3) is 0 Å². The van der Waals surface area contributed by atoms with Gasteiger partial charge in [-0.05, 0) is 32.2 Å². The zero-order chi connectivity index (χ0) is 13.7. The number of carbonyl (C=O) groups excluding carboxylic acids is 1. The van der Waals surface area contributed by atoms with Crippen LogP contribution in [0.3, 0.4) is 0 Å². The molecule has 0 aromatic carbocycles. The monoisotopic (exact) mass is 270 g/mol. The van der Waals surface area contributed by atoms with Gasteiger partial charge < -0.3 is 15.2 Å². The summed E-state index contributed by atoms with van der Waals surface area (Å²) in [4.78, 5) is 24.5. The van der Waals surface area contributed by atoms with Crippen molar-refractivity contribution in [3.63, 3.8) is 0 Å². The fraction of sp³-hybridized carbons (Fsp3) is 0.846. The van der Waals surface area contributed by atoms with Gasteiger partial charge in [0.05, 0.1) is 19.1 Å². The van der Waals surface area contributed by atoms with Crippen molar-refractivity contribution in [2.45, 2.75) is 44.2 Å². The minimum absolute atomic E-state index is 0.00554. The van der Waals surface area contributed by atoms with Gasteiger partial charge in [-0.1, -0.05) is 0 Å². The predicted molar refractivity (Wildman–Crippen MR) is 68.8 cm³/mol. The molecule has 2 heterocycles. The van der Waals surface area contributed by atoms with Gasteiger partial charge in [-0.2, -0.15) is 0 Å². The van der Waals surface area contributed by atoms with Gasteiger partial charge in [-0.15, -0.1) is 0 Å². The Bertz CT molecular complexity index is 329. The van der Waals surface area contributed by atoms with E-state index in [1.807, 2.05) is 4.90 Å². The summed E-state index contributed by atoms with van der Waals surface area (Å²) in [5.41, 5.74) is 0. The van der Waals surface area contributed by atoms with Crippen LogP contribution in [0.4, 0.5) is 0 Å². The second-order valence-corrected chi connectivity index (χ2v) is 5.30. The first-order valence-electron chi connectivity index (χ1n) is 6.99. The Balaban J connectivity index is 1.69. The molecule has 0 saturated carbocycles. The van der Waals surface area contributed by atoms with Gasteiger partial charge in [0.15, 0.2) is 0 Å². The number of hydrogen-bond donors (Lipinski definition) is 2. The number of carbonyl (C=O) groups is 2. The van der Waals surface area contributed by atoms with Crippen molar-refractivity contribution in [3.8, 4) is 0 Å². The van der Waals surface area contributed by atoms with E-state index in [0.717, 1.165) is 38.8 Å². The van der Waals surface area contributed by atoms with Crippen LogP contribution in [0, 0.1) is 0 Å². The van der Waals surface area contributed by atoms with Gasteiger partial charge in [-0.3, -0.25) is 14.5 Å². The summed E-state index contributed by atoms with van der Waals surface area (Å²) in [5, 5.41) is 11.7. The molecule has 1 amide bonds. The van der Waals surface area contributed by atoms with Crippen molar-refractivity contribution >= 4 is 11.9 Å². The molecule has 0 aliphatic carbocycles. The molecular weight excluding hydrogens is 248 g/mol. The molecule has 6 nitrogen and oxygen atoms in total. The fourth-order valence-corrected chi connectivity index (χ4v) is 2.81. The van der Waals surface area contributed by atoms with E-state index in [4.69, 9.17) is 9.84 Å². The first-order chi connectivity index (χ1) is 9.15. The van der Waals surface area contributed by atoms with Crippen molar-refractivity contribution in [3.05, 3.63) is 0 Å². The smallest absolute Gasteiger partial charge is 0.304 e. The highest BCUT2D eigenvalue weighted by Crippen LogP contribution is 2.19. The number of ether oxygens (including phenoxy) is 1. The van der Waals surface area contributed by atoms with Crippen LogP contribution in [-0.2, 0) is 14.3 Å². The SMILES string of the molecule is O=C(O)CC1CCCN1CC(=O)NCC1CCCO1. The lowest BCUT2D eigenvalue weighted by molar-refractivity contribution is -0.138. The molecule has 2 fully saturated rings. The van der Waals surface area contributed by atoms with Gasteiger partial charge in [0, 0.05) is 19.2 Å². The molecule has 2 saturated heterocycles. The second-order valence-electron chi connectivity index (χ2n) is 5.30. The molecule has 2 N–H and O–H groups in total. The van der Waals surface area contributed by atoms with Crippen LogP contribution < -0.4 is 5.32 Å². The standard InChI is InChI=1S/C13H22N2O4/c16-12(14-8-11-4-2-6-19-11)9-15-5-1-3-10(15)7-13(17)18/h10-11H,1-9H2,(H,14,16)(H,17,18). The molecule has 2 aliphatic rings. The van der Waals surface area contributed by atoms with Crippen LogP contribution in [-0.4, -0.2) is 60.3 Å². The summed E-state index contributed by atoms with van der Waals surface area (Å²) in [6, 6.07) is 0.00554. The maximum Gasteiger partial charge on any atom is 0.304 e. The van der Waals surface area contributed by atoms with E-state index in [1.54, 1.807) is 0 Å². The van der Waals surface area contributed by atoms with Crippen LogP contribution in [0.5, 0.6) is 0 Å². The number of aliphatic carboxylic acids is 1. The summed E-state index contributed by atoms with van der Waals surface area (Å²) < 4.78 is 5.44. The predicted octanol–water partition coefficient (Wildman–Crippen LogP) is 0.221. The lowest BCUT2D eigenvalue weighted by atomic mass is 10.1. The second kappa shape index (κ2) is 6.86. The molecule has 2 rings (SSSR count). The minimum atomic E-state index is -0.795. The van der Waals surface area contributed by atoms with Gasteiger partial charge in [0.2, 0.25) is 5.91 Å². The third kappa shape index (κ3) is 4.47. The van der Waals surface area contributed by atoms with Gasteiger partial charge in [0.1, 0.15) is 0 Å². The number of nitrogens with zero attached hydrogens (tertiary/aromatic N) is 1. The van der Waals surface area contributed by atoms with E-state index >= 15 is 0 Å².